The van der Waals surface area contributed by atoms with Crippen LogP contribution < -0.4 is 0 Å². The molecule has 0 saturated carbocycles. The van der Waals surface area contributed by atoms with E-state index in [-0.39, 0.29) is 31.1 Å². The first-order valence-electron chi connectivity index (χ1n) is 33.5. The third kappa shape index (κ3) is 62.4. The van der Waals surface area contributed by atoms with Crippen LogP contribution in [-0.4, -0.2) is 37.2 Å². The highest BCUT2D eigenvalue weighted by atomic mass is 16.6. The number of hydrogen-bond acceptors (Lipinski definition) is 6. The highest BCUT2D eigenvalue weighted by Crippen LogP contribution is 2.18. The van der Waals surface area contributed by atoms with Crippen LogP contribution in [0.5, 0.6) is 0 Å². The largest absolute Gasteiger partial charge is 0.462 e. The number of rotatable bonds is 62. The van der Waals surface area contributed by atoms with E-state index in [9.17, 15) is 14.4 Å². The standard InChI is InChI=1S/C69H128O6/c1-4-7-10-13-16-19-22-25-28-31-33-34-36-38-41-44-47-50-53-56-59-62-68(71)74-65-66(64-73-67(70)61-58-55-52-49-46-43-40-37-30-27-24-21-18-15-12-9-6-3)75-69(72)63-60-57-54-51-48-45-42-39-35-32-29-26-23-20-17-14-11-8-5-2/h18,21,26-27,29-30,66H,4-17,19-20,22-25,28,31-65H2,1-3H3/b21-18-,29-26-,30-27-. The molecule has 0 rings (SSSR count). The molecule has 0 N–H and O–H groups in total. The van der Waals surface area contributed by atoms with E-state index in [1.807, 2.05) is 0 Å². The van der Waals surface area contributed by atoms with Crippen LogP contribution in [-0.2, 0) is 28.6 Å². The Morgan fingerprint density at radius 1 is 0.267 bits per heavy atom. The Kier molecular flexibility index (Phi) is 62.1. The molecule has 0 aromatic heterocycles. The molecule has 0 aliphatic carbocycles. The molecule has 0 fully saturated rings. The van der Waals surface area contributed by atoms with Gasteiger partial charge in [0.15, 0.2) is 6.10 Å². The molecule has 0 aromatic carbocycles. The van der Waals surface area contributed by atoms with E-state index < -0.39 is 6.10 Å². The van der Waals surface area contributed by atoms with E-state index in [0.717, 1.165) is 70.6 Å². The molecule has 1 atom stereocenters. The second-order valence-electron chi connectivity index (χ2n) is 22.7. The predicted molar refractivity (Wildman–Crippen MR) is 326 cm³/mol. The first kappa shape index (κ1) is 72.6. The number of carbonyl (C=O) groups is 3. The van der Waals surface area contributed by atoms with Gasteiger partial charge in [0, 0.05) is 19.3 Å². The third-order valence-corrected chi connectivity index (χ3v) is 15.1. The summed E-state index contributed by atoms with van der Waals surface area (Å²) in [6, 6.07) is 0. The molecule has 0 radical (unpaired) electrons. The zero-order chi connectivity index (χ0) is 54.3. The molecule has 0 aromatic rings. The van der Waals surface area contributed by atoms with Gasteiger partial charge in [0.25, 0.3) is 0 Å². The van der Waals surface area contributed by atoms with Gasteiger partial charge in [-0.3, -0.25) is 14.4 Å². The number of allylic oxidation sites excluding steroid dienone is 6. The average Bonchev–Trinajstić information content (AvgIpc) is 3.41. The van der Waals surface area contributed by atoms with E-state index in [0.29, 0.717) is 19.3 Å². The zero-order valence-corrected chi connectivity index (χ0v) is 50.6. The topological polar surface area (TPSA) is 78.9 Å². The summed E-state index contributed by atoms with van der Waals surface area (Å²) in [5.74, 6) is -0.854. The van der Waals surface area contributed by atoms with Crippen LogP contribution in [0.15, 0.2) is 36.5 Å². The summed E-state index contributed by atoms with van der Waals surface area (Å²) in [5, 5.41) is 0. The van der Waals surface area contributed by atoms with Gasteiger partial charge in [0.05, 0.1) is 0 Å². The maximum atomic E-state index is 12.9. The monoisotopic (exact) mass is 1050 g/mol. The van der Waals surface area contributed by atoms with Crippen LogP contribution in [0, 0.1) is 0 Å². The lowest BCUT2D eigenvalue weighted by Crippen LogP contribution is -2.30. The lowest BCUT2D eigenvalue weighted by Gasteiger charge is -2.18. The molecule has 6 heteroatoms. The minimum Gasteiger partial charge on any atom is -0.462 e. The second-order valence-corrected chi connectivity index (χ2v) is 22.7. The highest BCUT2D eigenvalue weighted by molar-refractivity contribution is 5.71. The summed E-state index contributed by atoms with van der Waals surface area (Å²) in [7, 11) is 0. The SMILES string of the molecule is CCCCC/C=C\C/C=C\CCCCCCCCCC(=O)OCC(COC(=O)CCCCCCCCCCCCCCCCCCCCCCC)OC(=O)CCCCCCCCCCC/C=C\CCCCCCCC. The van der Waals surface area contributed by atoms with Gasteiger partial charge < -0.3 is 14.2 Å². The highest BCUT2D eigenvalue weighted by Gasteiger charge is 2.19. The molecule has 0 bridgehead atoms. The minimum absolute atomic E-state index is 0.0709. The number of ether oxygens (including phenoxy) is 3. The van der Waals surface area contributed by atoms with Crippen LogP contribution in [0.3, 0.4) is 0 Å². The lowest BCUT2D eigenvalue weighted by atomic mass is 10.0. The Morgan fingerprint density at radius 3 is 0.773 bits per heavy atom. The molecule has 0 amide bonds. The smallest absolute Gasteiger partial charge is 0.306 e. The maximum absolute atomic E-state index is 12.9. The van der Waals surface area contributed by atoms with Crippen molar-refractivity contribution in [2.24, 2.45) is 0 Å². The van der Waals surface area contributed by atoms with Crippen molar-refractivity contribution in [3.05, 3.63) is 36.5 Å². The van der Waals surface area contributed by atoms with Crippen LogP contribution in [0.2, 0.25) is 0 Å². The van der Waals surface area contributed by atoms with Gasteiger partial charge in [0.1, 0.15) is 13.2 Å². The number of esters is 3. The van der Waals surface area contributed by atoms with Crippen molar-refractivity contribution in [2.45, 2.75) is 374 Å². The fourth-order valence-corrected chi connectivity index (χ4v) is 10.1. The average molecular weight is 1050 g/mol. The summed E-state index contributed by atoms with van der Waals surface area (Å²) >= 11 is 0. The third-order valence-electron chi connectivity index (χ3n) is 15.1. The van der Waals surface area contributed by atoms with Crippen LogP contribution in [0.1, 0.15) is 367 Å². The van der Waals surface area contributed by atoms with E-state index in [1.54, 1.807) is 0 Å². The summed E-state index contributed by atoms with van der Waals surface area (Å²) in [5.41, 5.74) is 0. The van der Waals surface area contributed by atoms with Crippen LogP contribution in [0.25, 0.3) is 0 Å². The van der Waals surface area contributed by atoms with Gasteiger partial charge in [-0.1, -0.05) is 308 Å². The van der Waals surface area contributed by atoms with Crippen molar-refractivity contribution < 1.29 is 28.6 Å². The Hall–Kier alpha value is -2.37. The number of carbonyl (C=O) groups excluding carboxylic acids is 3. The van der Waals surface area contributed by atoms with Crippen molar-refractivity contribution in [3.63, 3.8) is 0 Å². The van der Waals surface area contributed by atoms with Crippen molar-refractivity contribution >= 4 is 17.9 Å². The van der Waals surface area contributed by atoms with Crippen molar-refractivity contribution in [2.75, 3.05) is 13.2 Å². The van der Waals surface area contributed by atoms with Gasteiger partial charge >= 0.3 is 17.9 Å². The normalized spacial score (nSPS) is 12.2. The van der Waals surface area contributed by atoms with Crippen LogP contribution >= 0.6 is 0 Å². The van der Waals surface area contributed by atoms with Crippen molar-refractivity contribution in [3.8, 4) is 0 Å². The predicted octanol–water partition coefficient (Wildman–Crippen LogP) is 22.8. The maximum Gasteiger partial charge on any atom is 0.306 e. The van der Waals surface area contributed by atoms with E-state index in [2.05, 4.69) is 57.2 Å². The van der Waals surface area contributed by atoms with Crippen molar-refractivity contribution in [1.82, 2.24) is 0 Å². The van der Waals surface area contributed by atoms with E-state index >= 15 is 0 Å². The molecule has 0 saturated heterocycles. The number of unbranched alkanes of at least 4 members (excludes halogenated alkanes) is 45. The van der Waals surface area contributed by atoms with Gasteiger partial charge in [-0.05, 0) is 77.0 Å². The first-order valence-corrected chi connectivity index (χ1v) is 33.5. The lowest BCUT2D eigenvalue weighted by molar-refractivity contribution is -0.167. The molecule has 0 aliphatic rings. The molecule has 75 heavy (non-hydrogen) atoms. The summed E-state index contributed by atoms with van der Waals surface area (Å²) < 4.78 is 17.0. The summed E-state index contributed by atoms with van der Waals surface area (Å²) in [6.07, 6.45) is 78.7. The molecular weight excluding hydrogens is 925 g/mol. The molecule has 1 unspecified atom stereocenters. The fraction of sp³-hybridized carbons (Fsp3) is 0.870. The first-order chi connectivity index (χ1) is 37.0. The summed E-state index contributed by atoms with van der Waals surface area (Å²) in [6.45, 7) is 6.67. The van der Waals surface area contributed by atoms with Gasteiger partial charge in [0.2, 0.25) is 0 Å². The molecule has 0 aliphatic heterocycles. The van der Waals surface area contributed by atoms with E-state index in [4.69, 9.17) is 14.2 Å². The second kappa shape index (κ2) is 64.2. The number of hydrogen-bond donors (Lipinski definition) is 0. The van der Waals surface area contributed by atoms with E-state index in [1.165, 1.54) is 257 Å². The Morgan fingerprint density at radius 2 is 0.480 bits per heavy atom. The molecular formula is C69H128O6. The van der Waals surface area contributed by atoms with Crippen LogP contribution in [0.4, 0.5) is 0 Å². The van der Waals surface area contributed by atoms with Gasteiger partial charge in [-0.25, -0.2) is 0 Å². The minimum atomic E-state index is -0.775. The zero-order valence-electron chi connectivity index (χ0n) is 50.6. The Balaban J connectivity index is 4.32. The molecule has 6 nitrogen and oxygen atoms in total. The van der Waals surface area contributed by atoms with Crippen molar-refractivity contribution in [1.29, 1.82) is 0 Å². The van der Waals surface area contributed by atoms with Gasteiger partial charge in [-0.2, -0.15) is 0 Å². The summed E-state index contributed by atoms with van der Waals surface area (Å²) in [4.78, 5) is 38.4. The molecule has 440 valence electrons. The molecule has 0 spiro atoms. The fourth-order valence-electron chi connectivity index (χ4n) is 10.1. The molecule has 0 heterocycles. The quantitative estimate of drug-likeness (QED) is 0.0261. The van der Waals surface area contributed by atoms with Gasteiger partial charge in [-0.15, -0.1) is 0 Å². The Bertz CT molecular complexity index is 1250. The Labute approximate surface area is 467 Å².